The molecule has 0 amide bonds. The van der Waals surface area contributed by atoms with Crippen LogP contribution < -0.4 is 0 Å². The van der Waals surface area contributed by atoms with Gasteiger partial charge in [0.05, 0.1) is 26.2 Å². The number of sulfonamides is 1. The second kappa shape index (κ2) is 12.6. The molecule has 0 aromatic heterocycles. The van der Waals surface area contributed by atoms with Crippen LogP contribution in [0, 0.1) is 12.3 Å². The lowest BCUT2D eigenvalue weighted by Gasteiger charge is -2.33. The van der Waals surface area contributed by atoms with Crippen molar-refractivity contribution >= 4 is 49.4 Å². The number of nitrogens with zero attached hydrogens (tertiary/aromatic N) is 1. The predicted molar refractivity (Wildman–Crippen MR) is 182 cm³/mol. The number of methoxy groups -OCH3 is 3. The van der Waals surface area contributed by atoms with E-state index in [0.29, 0.717) is 33.4 Å². The van der Waals surface area contributed by atoms with Gasteiger partial charge in [0.15, 0.2) is 5.41 Å². The number of hydrogen-bond donors (Lipinski definition) is 0. The number of ether oxygens (including phenoxy) is 3. The van der Waals surface area contributed by atoms with E-state index in [2.05, 4.69) is 15.9 Å². The Hall–Kier alpha value is -4.32. The molecular weight excluding hydrogens is 698 g/mol. The van der Waals surface area contributed by atoms with Crippen molar-refractivity contribution in [2.24, 2.45) is 5.41 Å². The largest absolute Gasteiger partial charge is 0.468 e. The lowest BCUT2D eigenvalue weighted by Crippen LogP contribution is -2.42. The Labute approximate surface area is 288 Å². The Bertz CT molecular complexity index is 2000. The average Bonchev–Trinajstić information content (AvgIpc) is 3.71. The third kappa shape index (κ3) is 5.24. The second-order valence-corrected chi connectivity index (χ2v) is 15.0. The third-order valence-electron chi connectivity index (χ3n) is 9.58. The number of halogens is 1. The molecule has 0 saturated carbocycles. The summed E-state index contributed by atoms with van der Waals surface area (Å²) in [7, 11) is -0.288. The molecule has 1 unspecified atom stereocenters. The molecule has 48 heavy (non-hydrogen) atoms. The number of esters is 3. The van der Waals surface area contributed by atoms with Crippen LogP contribution >= 0.6 is 15.9 Å². The van der Waals surface area contributed by atoms with Gasteiger partial charge in [0.2, 0.25) is 10.0 Å². The van der Waals surface area contributed by atoms with Gasteiger partial charge in [0, 0.05) is 17.6 Å². The number of carbonyl (C=O) groups is 3. The summed E-state index contributed by atoms with van der Waals surface area (Å²) >= 11 is 3.51. The first kappa shape index (κ1) is 33.6. The van der Waals surface area contributed by atoms with Gasteiger partial charge in [0.25, 0.3) is 0 Å². The Balaban J connectivity index is 1.66. The summed E-state index contributed by atoms with van der Waals surface area (Å²) < 4.78 is 46.4. The van der Waals surface area contributed by atoms with E-state index in [-0.39, 0.29) is 30.8 Å². The van der Waals surface area contributed by atoms with Crippen LogP contribution in [0.4, 0.5) is 0 Å². The Morgan fingerprint density at radius 3 is 1.90 bits per heavy atom. The summed E-state index contributed by atoms with van der Waals surface area (Å²) in [6.07, 6.45) is 1.44. The van der Waals surface area contributed by atoms with Crippen LogP contribution in [0.15, 0.2) is 117 Å². The topological polar surface area (TPSA) is 116 Å². The van der Waals surface area contributed by atoms with Crippen LogP contribution in [-0.4, -0.2) is 65.0 Å². The lowest BCUT2D eigenvalue weighted by atomic mass is 9.69. The molecular formula is C37H34BrNO8S. The summed E-state index contributed by atoms with van der Waals surface area (Å²) in [5.74, 6) is -2.24. The zero-order valence-corrected chi connectivity index (χ0v) is 29.3. The van der Waals surface area contributed by atoms with E-state index in [1.807, 2.05) is 43.3 Å². The van der Waals surface area contributed by atoms with E-state index >= 15 is 0 Å². The van der Waals surface area contributed by atoms with Crippen molar-refractivity contribution in [2.75, 3.05) is 34.4 Å². The summed E-state index contributed by atoms with van der Waals surface area (Å²) in [6, 6.07) is 23.2. The fraction of sp³-hybridized carbons (Fsp3) is 0.270. The van der Waals surface area contributed by atoms with Crippen LogP contribution in [0.5, 0.6) is 0 Å². The van der Waals surface area contributed by atoms with Gasteiger partial charge in [-0.3, -0.25) is 14.4 Å². The molecule has 1 heterocycles. The summed E-state index contributed by atoms with van der Waals surface area (Å²) in [4.78, 5) is 41.7. The lowest BCUT2D eigenvalue weighted by molar-refractivity contribution is -0.168. The van der Waals surface area contributed by atoms with Crippen molar-refractivity contribution in [2.45, 2.75) is 30.1 Å². The van der Waals surface area contributed by atoms with Crippen molar-refractivity contribution in [3.05, 3.63) is 128 Å². The third-order valence-corrected chi connectivity index (χ3v) is 11.9. The van der Waals surface area contributed by atoms with Crippen molar-refractivity contribution < 1.29 is 37.0 Å². The van der Waals surface area contributed by atoms with Gasteiger partial charge < -0.3 is 14.2 Å². The van der Waals surface area contributed by atoms with E-state index < -0.39 is 38.8 Å². The van der Waals surface area contributed by atoms with E-state index in [0.717, 1.165) is 15.6 Å². The number of fused-ring (bicyclic) bond motifs is 1. The van der Waals surface area contributed by atoms with E-state index in [1.165, 1.54) is 25.6 Å². The SMILES string of the molecule is COC(=O)C1(C(=O)OC)CC2=C(C1)C(C(=O)OC)(c1ccccc1)C=C(c1ccc(Br)cc1)C1=C2CN(S(=O)(=O)c2ccc(C)cc2)C1. The number of hydrogen-bond acceptors (Lipinski definition) is 8. The summed E-state index contributed by atoms with van der Waals surface area (Å²) in [6.45, 7) is 1.82. The molecule has 3 aromatic carbocycles. The van der Waals surface area contributed by atoms with Gasteiger partial charge in [-0.15, -0.1) is 0 Å². The van der Waals surface area contributed by atoms with Gasteiger partial charge in [0.1, 0.15) is 5.41 Å². The standard InChI is InChI=1S/C37H34BrNO8S/c1-23-10-16-27(17-11-23)48(43,44)39-21-30-28(24-12-14-26(38)15-13-24)19-37(35(42)47-4,25-8-6-5-7-9-25)32-20-36(33(40)45-2,34(41)46-3)18-29(32)31(30)22-39/h5-17,19H,18,20-22H2,1-4H3. The molecule has 0 bridgehead atoms. The Morgan fingerprint density at radius 1 is 0.729 bits per heavy atom. The maximum absolute atomic E-state index is 14.4. The molecule has 0 spiro atoms. The molecule has 1 aliphatic heterocycles. The van der Waals surface area contributed by atoms with E-state index in [1.54, 1.807) is 48.5 Å². The van der Waals surface area contributed by atoms with Crippen LogP contribution in [0.2, 0.25) is 0 Å². The van der Waals surface area contributed by atoms with Crippen molar-refractivity contribution in [1.29, 1.82) is 0 Å². The number of carbonyl (C=O) groups excluding carboxylic acids is 3. The minimum absolute atomic E-state index is 0.0142. The fourth-order valence-electron chi connectivity index (χ4n) is 7.16. The highest BCUT2D eigenvalue weighted by Crippen LogP contribution is 2.58. The number of aryl methyl sites for hydroxylation is 1. The summed E-state index contributed by atoms with van der Waals surface area (Å²) in [5, 5.41) is 0. The van der Waals surface area contributed by atoms with Crippen molar-refractivity contribution in [1.82, 2.24) is 4.31 Å². The van der Waals surface area contributed by atoms with Crippen LogP contribution in [0.3, 0.4) is 0 Å². The van der Waals surface area contributed by atoms with Crippen molar-refractivity contribution in [3.8, 4) is 0 Å². The second-order valence-electron chi connectivity index (χ2n) is 12.1. The van der Waals surface area contributed by atoms with E-state index in [9.17, 15) is 22.8 Å². The first-order valence-electron chi connectivity index (χ1n) is 15.2. The molecule has 0 fully saturated rings. The predicted octanol–water partition coefficient (Wildman–Crippen LogP) is 5.69. The van der Waals surface area contributed by atoms with E-state index in [4.69, 9.17) is 14.2 Å². The maximum atomic E-state index is 14.4. The van der Waals surface area contributed by atoms with Crippen LogP contribution in [0.25, 0.3) is 5.57 Å². The average molecular weight is 733 g/mol. The smallest absolute Gasteiger partial charge is 0.324 e. The zero-order valence-electron chi connectivity index (χ0n) is 26.9. The molecule has 2 aliphatic carbocycles. The molecule has 0 N–H and O–H groups in total. The van der Waals surface area contributed by atoms with Gasteiger partial charge in [-0.25, -0.2) is 8.42 Å². The minimum Gasteiger partial charge on any atom is -0.468 e. The first-order chi connectivity index (χ1) is 22.9. The molecule has 3 aromatic rings. The Morgan fingerprint density at radius 2 is 1.31 bits per heavy atom. The number of benzene rings is 3. The van der Waals surface area contributed by atoms with Crippen molar-refractivity contribution in [3.63, 3.8) is 0 Å². The summed E-state index contributed by atoms with van der Waals surface area (Å²) in [5.41, 5.74) is 1.73. The molecule has 248 valence electrons. The molecule has 1 atom stereocenters. The van der Waals surface area contributed by atoms with Gasteiger partial charge >= 0.3 is 17.9 Å². The molecule has 11 heteroatoms. The van der Waals surface area contributed by atoms with Gasteiger partial charge in [-0.05, 0) is 83.0 Å². The van der Waals surface area contributed by atoms with Crippen LogP contribution in [0.1, 0.15) is 29.5 Å². The molecule has 3 aliphatic rings. The number of rotatable bonds is 7. The quantitative estimate of drug-likeness (QED) is 0.173. The highest BCUT2D eigenvalue weighted by molar-refractivity contribution is 9.10. The highest BCUT2D eigenvalue weighted by Gasteiger charge is 2.61. The van der Waals surface area contributed by atoms with Gasteiger partial charge in [-0.1, -0.05) is 82.2 Å². The highest BCUT2D eigenvalue weighted by atomic mass is 79.9. The van der Waals surface area contributed by atoms with Crippen LogP contribution in [-0.2, 0) is 44.0 Å². The molecule has 6 rings (SSSR count). The fourth-order valence-corrected chi connectivity index (χ4v) is 8.80. The zero-order chi connectivity index (χ0) is 34.4. The molecule has 0 radical (unpaired) electrons. The Kier molecular flexibility index (Phi) is 8.82. The first-order valence-corrected chi connectivity index (χ1v) is 17.5. The molecule has 9 nitrogen and oxygen atoms in total. The van der Waals surface area contributed by atoms with Gasteiger partial charge in [-0.2, -0.15) is 4.31 Å². The molecule has 0 saturated heterocycles. The monoisotopic (exact) mass is 731 g/mol. The normalized spacial score (nSPS) is 20.4. The maximum Gasteiger partial charge on any atom is 0.324 e. The minimum atomic E-state index is -3.98.